The van der Waals surface area contributed by atoms with E-state index in [0.29, 0.717) is 6.42 Å². The van der Waals surface area contributed by atoms with Gasteiger partial charge in [0.15, 0.2) is 11.6 Å². The summed E-state index contributed by atoms with van der Waals surface area (Å²) in [4.78, 5) is 0. The van der Waals surface area contributed by atoms with Crippen LogP contribution in [0.2, 0.25) is 0 Å². The van der Waals surface area contributed by atoms with Crippen LogP contribution in [-0.4, -0.2) is 11.7 Å². The molecule has 2 nitrogen and oxygen atoms in total. The molecule has 0 fully saturated rings. The average molecular weight is 284 g/mol. The Labute approximate surface area is 124 Å². The molecule has 1 N–H and O–H groups in total. The third kappa shape index (κ3) is 4.62. The lowest BCUT2D eigenvalue weighted by atomic mass is 10.1. The van der Waals surface area contributed by atoms with Crippen LogP contribution in [-0.2, 0) is 6.61 Å². The highest BCUT2D eigenvalue weighted by molar-refractivity contribution is 5.37. The average Bonchev–Trinajstić information content (AvgIpc) is 2.49. The van der Waals surface area contributed by atoms with Gasteiger partial charge in [-0.3, -0.25) is 0 Å². The number of aliphatic hydroxyl groups excluding tert-OH is 1. The van der Waals surface area contributed by atoms with Gasteiger partial charge in [0.25, 0.3) is 0 Å². The molecule has 0 heterocycles. The predicted molar refractivity (Wildman–Crippen MR) is 80.5 cm³/mol. The molecule has 0 spiro atoms. The van der Waals surface area contributed by atoms with E-state index in [9.17, 15) is 4.39 Å². The Balaban J connectivity index is 2.05. The third-order valence-corrected chi connectivity index (χ3v) is 2.88. The SMILES string of the molecule is Cc1ccc(F)c(OCc2cccc(C#CCCO)c2)c1. The van der Waals surface area contributed by atoms with E-state index in [4.69, 9.17) is 9.84 Å². The molecule has 0 atom stereocenters. The smallest absolute Gasteiger partial charge is 0.165 e. The zero-order valence-corrected chi connectivity index (χ0v) is 11.9. The van der Waals surface area contributed by atoms with Crippen molar-refractivity contribution in [3.05, 3.63) is 65.0 Å². The van der Waals surface area contributed by atoms with E-state index < -0.39 is 0 Å². The molecule has 0 aliphatic heterocycles. The summed E-state index contributed by atoms with van der Waals surface area (Å²) < 4.78 is 19.1. The highest BCUT2D eigenvalue weighted by Crippen LogP contribution is 2.19. The summed E-state index contributed by atoms with van der Waals surface area (Å²) in [7, 11) is 0. The molecule has 0 aliphatic rings. The molecular formula is C18H17FO2. The van der Waals surface area contributed by atoms with Crippen LogP contribution in [0.25, 0.3) is 0 Å². The molecule has 2 aromatic carbocycles. The fourth-order valence-electron chi connectivity index (χ4n) is 1.84. The number of hydrogen-bond donors (Lipinski definition) is 1. The van der Waals surface area contributed by atoms with Crippen molar-refractivity contribution in [1.82, 2.24) is 0 Å². The minimum Gasteiger partial charge on any atom is -0.486 e. The molecule has 0 unspecified atom stereocenters. The van der Waals surface area contributed by atoms with Crippen LogP contribution in [0.4, 0.5) is 4.39 Å². The zero-order valence-electron chi connectivity index (χ0n) is 11.9. The summed E-state index contributed by atoms with van der Waals surface area (Å²) in [5.41, 5.74) is 2.73. The maximum atomic E-state index is 13.6. The van der Waals surface area contributed by atoms with Gasteiger partial charge in [0.2, 0.25) is 0 Å². The maximum absolute atomic E-state index is 13.6. The van der Waals surface area contributed by atoms with Crippen LogP contribution >= 0.6 is 0 Å². The van der Waals surface area contributed by atoms with E-state index in [0.717, 1.165) is 16.7 Å². The van der Waals surface area contributed by atoms with Gasteiger partial charge in [0.1, 0.15) is 6.61 Å². The van der Waals surface area contributed by atoms with Crippen LogP contribution < -0.4 is 4.74 Å². The summed E-state index contributed by atoms with van der Waals surface area (Å²) in [6.45, 7) is 2.24. The fraction of sp³-hybridized carbons (Fsp3) is 0.222. The van der Waals surface area contributed by atoms with Crippen molar-refractivity contribution < 1.29 is 14.2 Å². The lowest BCUT2D eigenvalue weighted by Crippen LogP contribution is -1.98. The van der Waals surface area contributed by atoms with Crippen LogP contribution in [0.1, 0.15) is 23.1 Å². The Kier molecular flexibility index (Phi) is 5.36. The molecule has 21 heavy (non-hydrogen) atoms. The van der Waals surface area contributed by atoms with Gasteiger partial charge in [-0.2, -0.15) is 0 Å². The number of halogens is 1. The predicted octanol–water partition coefficient (Wildman–Crippen LogP) is 3.45. The second-order valence-electron chi connectivity index (χ2n) is 4.70. The number of hydrogen-bond acceptors (Lipinski definition) is 2. The second kappa shape index (κ2) is 7.47. The van der Waals surface area contributed by atoms with Crippen molar-refractivity contribution in [2.24, 2.45) is 0 Å². The Bertz CT molecular complexity index is 668. The molecule has 108 valence electrons. The lowest BCUT2D eigenvalue weighted by Gasteiger charge is -2.08. The number of aliphatic hydroxyl groups is 1. The summed E-state index contributed by atoms with van der Waals surface area (Å²) >= 11 is 0. The number of benzene rings is 2. The summed E-state index contributed by atoms with van der Waals surface area (Å²) in [5, 5.41) is 8.70. The van der Waals surface area contributed by atoms with Crippen molar-refractivity contribution in [2.45, 2.75) is 20.0 Å². The topological polar surface area (TPSA) is 29.5 Å². The first kappa shape index (κ1) is 15.1. The molecule has 0 aliphatic carbocycles. The van der Waals surface area contributed by atoms with E-state index in [2.05, 4.69) is 11.8 Å². The van der Waals surface area contributed by atoms with Gasteiger partial charge >= 0.3 is 0 Å². The summed E-state index contributed by atoms with van der Waals surface area (Å²) in [5.74, 6) is 5.73. The Morgan fingerprint density at radius 2 is 2.05 bits per heavy atom. The van der Waals surface area contributed by atoms with Crippen LogP contribution in [0.5, 0.6) is 5.75 Å². The van der Waals surface area contributed by atoms with Gasteiger partial charge in [-0.25, -0.2) is 4.39 Å². The Hall–Kier alpha value is -2.31. The van der Waals surface area contributed by atoms with Crippen LogP contribution in [0.15, 0.2) is 42.5 Å². The zero-order chi connectivity index (χ0) is 15.1. The van der Waals surface area contributed by atoms with E-state index >= 15 is 0 Å². The third-order valence-electron chi connectivity index (χ3n) is 2.88. The molecule has 0 amide bonds. The Morgan fingerprint density at radius 1 is 1.19 bits per heavy atom. The maximum Gasteiger partial charge on any atom is 0.165 e. The van der Waals surface area contributed by atoms with Gasteiger partial charge in [-0.05, 0) is 42.3 Å². The first-order valence-corrected chi connectivity index (χ1v) is 6.76. The molecule has 0 bridgehead atoms. The van der Waals surface area contributed by atoms with Crippen molar-refractivity contribution in [3.63, 3.8) is 0 Å². The van der Waals surface area contributed by atoms with E-state index in [1.54, 1.807) is 12.1 Å². The molecule has 0 saturated heterocycles. The molecule has 2 aromatic rings. The van der Waals surface area contributed by atoms with Crippen molar-refractivity contribution in [3.8, 4) is 17.6 Å². The second-order valence-corrected chi connectivity index (χ2v) is 4.70. The van der Waals surface area contributed by atoms with Crippen molar-refractivity contribution in [1.29, 1.82) is 0 Å². The molecule has 2 rings (SSSR count). The number of ether oxygens (including phenoxy) is 1. The first-order chi connectivity index (χ1) is 10.2. The van der Waals surface area contributed by atoms with Crippen molar-refractivity contribution in [2.75, 3.05) is 6.61 Å². The Morgan fingerprint density at radius 3 is 2.86 bits per heavy atom. The monoisotopic (exact) mass is 284 g/mol. The molecule has 0 aromatic heterocycles. The molecule has 3 heteroatoms. The fourth-order valence-corrected chi connectivity index (χ4v) is 1.84. The minimum atomic E-state index is -0.362. The van der Waals surface area contributed by atoms with Gasteiger partial charge < -0.3 is 9.84 Å². The van der Waals surface area contributed by atoms with Gasteiger partial charge in [-0.15, -0.1) is 0 Å². The molecule has 0 radical (unpaired) electrons. The summed E-state index contributed by atoms with van der Waals surface area (Å²) in [6, 6.07) is 12.4. The quantitative estimate of drug-likeness (QED) is 0.871. The van der Waals surface area contributed by atoms with E-state index in [-0.39, 0.29) is 24.8 Å². The number of aryl methyl sites for hydroxylation is 1. The van der Waals surface area contributed by atoms with Crippen molar-refractivity contribution >= 4 is 0 Å². The lowest BCUT2D eigenvalue weighted by molar-refractivity contribution is 0.290. The summed E-state index contributed by atoms with van der Waals surface area (Å²) in [6.07, 6.45) is 0.454. The van der Waals surface area contributed by atoms with E-state index in [1.165, 1.54) is 6.07 Å². The minimum absolute atomic E-state index is 0.0580. The number of rotatable bonds is 4. The van der Waals surface area contributed by atoms with Crippen LogP contribution in [0, 0.1) is 24.6 Å². The van der Waals surface area contributed by atoms with Gasteiger partial charge in [-0.1, -0.05) is 30.0 Å². The highest BCUT2D eigenvalue weighted by atomic mass is 19.1. The largest absolute Gasteiger partial charge is 0.486 e. The highest BCUT2D eigenvalue weighted by Gasteiger charge is 2.04. The first-order valence-electron chi connectivity index (χ1n) is 6.76. The van der Waals surface area contributed by atoms with Gasteiger partial charge in [0.05, 0.1) is 6.61 Å². The normalized spacial score (nSPS) is 9.86. The molecular weight excluding hydrogens is 267 g/mol. The van der Waals surface area contributed by atoms with Gasteiger partial charge in [0, 0.05) is 12.0 Å². The standard InChI is InChI=1S/C18H17FO2/c1-14-8-9-17(19)18(11-14)21-13-16-7-4-6-15(12-16)5-2-3-10-20/h4,6-9,11-12,20H,3,10,13H2,1H3. The molecule has 0 saturated carbocycles. The van der Waals surface area contributed by atoms with Crippen LogP contribution in [0.3, 0.4) is 0 Å². The van der Waals surface area contributed by atoms with E-state index in [1.807, 2.05) is 31.2 Å².